The molecule has 2 aliphatic rings. The molecular weight excluding hydrogens is 284 g/mol. The predicted molar refractivity (Wildman–Crippen MR) is 86.0 cm³/mol. The summed E-state index contributed by atoms with van der Waals surface area (Å²) >= 11 is 0. The van der Waals surface area contributed by atoms with Crippen molar-refractivity contribution in [2.24, 2.45) is 0 Å². The van der Waals surface area contributed by atoms with Gasteiger partial charge in [-0.15, -0.1) is 0 Å². The van der Waals surface area contributed by atoms with Crippen molar-refractivity contribution in [3.05, 3.63) is 0 Å². The van der Waals surface area contributed by atoms with Crippen LogP contribution in [0, 0.1) is 0 Å². The molecule has 2 rings (SSSR count). The van der Waals surface area contributed by atoms with E-state index in [1.165, 1.54) is 0 Å². The Bertz CT molecular complexity index is 340. The van der Waals surface area contributed by atoms with E-state index in [0.29, 0.717) is 6.61 Å². The van der Waals surface area contributed by atoms with Crippen LogP contribution >= 0.6 is 0 Å². The molecule has 5 heteroatoms. The van der Waals surface area contributed by atoms with Crippen molar-refractivity contribution in [2.75, 3.05) is 13.2 Å². The Hall–Kier alpha value is 0.0569. The van der Waals surface area contributed by atoms with Gasteiger partial charge in [0.25, 0.3) is 0 Å². The molecule has 0 radical (unpaired) electrons. The Morgan fingerprint density at radius 3 is 2.00 bits per heavy atom. The Kier molecular flexibility index (Phi) is 5.53. The summed E-state index contributed by atoms with van der Waals surface area (Å²) < 4.78 is 18.2. The van der Waals surface area contributed by atoms with Gasteiger partial charge in [0, 0.05) is 0 Å². The van der Waals surface area contributed by atoms with Gasteiger partial charge in [-0.25, -0.2) is 0 Å². The van der Waals surface area contributed by atoms with Crippen LogP contribution in [-0.4, -0.2) is 51.1 Å². The highest BCUT2D eigenvalue weighted by Crippen LogP contribution is 2.37. The van der Waals surface area contributed by atoms with Gasteiger partial charge in [-0.1, -0.05) is 20.8 Å². The first kappa shape index (κ1) is 17.4. The van der Waals surface area contributed by atoms with Crippen LogP contribution in [-0.2, 0) is 13.9 Å². The first-order chi connectivity index (χ1) is 9.73. The van der Waals surface area contributed by atoms with Crippen molar-refractivity contribution in [2.45, 2.75) is 89.0 Å². The van der Waals surface area contributed by atoms with Crippen molar-refractivity contribution >= 4 is 8.32 Å². The monoisotopic (exact) mass is 316 g/mol. The normalized spacial score (nSPS) is 34.6. The summed E-state index contributed by atoms with van der Waals surface area (Å²) in [5, 5.41) is 9.39. The Morgan fingerprint density at radius 1 is 1.00 bits per heavy atom. The van der Waals surface area contributed by atoms with Crippen LogP contribution in [0.3, 0.4) is 0 Å². The topological polar surface area (TPSA) is 47.9 Å². The first-order valence-corrected chi connectivity index (χ1v) is 11.2. The van der Waals surface area contributed by atoms with Crippen molar-refractivity contribution in [1.82, 2.24) is 0 Å². The molecule has 0 aliphatic carbocycles. The molecule has 21 heavy (non-hydrogen) atoms. The molecule has 0 aromatic rings. The molecule has 2 fully saturated rings. The van der Waals surface area contributed by atoms with E-state index in [4.69, 9.17) is 19.0 Å². The third-order valence-electron chi connectivity index (χ3n) is 5.34. The summed E-state index contributed by atoms with van der Waals surface area (Å²) in [5.41, 5.74) is 0. The highest BCUT2D eigenvalue weighted by molar-refractivity contribution is 6.74. The lowest BCUT2D eigenvalue weighted by molar-refractivity contribution is -0.0804. The second kappa shape index (κ2) is 6.67. The number of ether oxygens (including phenoxy) is 2. The SMILES string of the molecule is CC(C)(C)[Si](C)(C)OC[C@H]1CC[C@H]([C@H]2CC[C@H](CO)O2)O1. The van der Waals surface area contributed by atoms with Crippen LogP contribution in [0.2, 0.25) is 18.1 Å². The summed E-state index contributed by atoms with van der Waals surface area (Å²) in [6.45, 7) is 12.2. The Labute approximate surface area is 130 Å². The molecule has 4 nitrogen and oxygen atoms in total. The van der Waals surface area contributed by atoms with Gasteiger partial charge in [0.2, 0.25) is 0 Å². The average molecular weight is 317 g/mol. The van der Waals surface area contributed by atoms with Crippen molar-refractivity contribution in [3.63, 3.8) is 0 Å². The largest absolute Gasteiger partial charge is 0.414 e. The van der Waals surface area contributed by atoms with E-state index in [1.54, 1.807) is 0 Å². The molecule has 0 aromatic heterocycles. The fourth-order valence-electron chi connectivity index (χ4n) is 2.79. The number of aliphatic hydroxyl groups excluding tert-OH is 1. The molecule has 2 aliphatic heterocycles. The van der Waals surface area contributed by atoms with Crippen LogP contribution in [0.15, 0.2) is 0 Å². The highest BCUT2D eigenvalue weighted by Gasteiger charge is 2.40. The van der Waals surface area contributed by atoms with E-state index >= 15 is 0 Å². The maximum absolute atomic E-state index is 9.15. The standard InChI is InChI=1S/C16H32O4Si/c1-16(2,3)21(4,5)18-11-13-7-9-15(20-13)14-8-6-12(10-17)19-14/h12-15,17H,6-11H2,1-5H3/t12-,13-,14-,15-/m1/s1. The average Bonchev–Trinajstić information content (AvgIpc) is 3.03. The quantitative estimate of drug-likeness (QED) is 0.792. The fraction of sp³-hybridized carbons (Fsp3) is 1.00. The maximum atomic E-state index is 9.15. The highest BCUT2D eigenvalue weighted by atomic mass is 28.4. The van der Waals surface area contributed by atoms with Crippen molar-refractivity contribution < 1.29 is 19.0 Å². The molecule has 0 amide bonds. The molecular formula is C16H32O4Si. The van der Waals surface area contributed by atoms with E-state index in [2.05, 4.69) is 33.9 Å². The third-order valence-corrected chi connectivity index (χ3v) is 9.84. The third kappa shape index (κ3) is 4.29. The Balaban J connectivity index is 1.76. The second-order valence-corrected chi connectivity index (χ2v) is 12.8. The smallest absolute Gasteiger partial charge is 0.192 e. The van der Waals surface area contributed by atoms with E-state index in [-0.39, 0.29) is 36.1 Å². The second-order valence-electron chi connectivity index (χ2n) is 8.00. The summed E-state index contributed by atoms with van der Waals surface area (Å²) in [6.07, 6.45) is 4.64. The molecule has 1 N–H and O–H groups in total. The molecule has 2 heterocycles. The van der Waals surface area contributed by atoms with Gasteiger partial charge in [-0.05, 0) is 43.8 Å². The predicted octanol–water partition coefficient (Wildman–Crippen LogP) is 3.10. The van der Waals surface area contributed by atoms with Crippen LogP contribution in [0.5, 0.6) is 0 Å². The minimum Gasteiger partial charge on any atom is -0.414 e. The van der Waals surface area contributed by atoms with E-state index in [9.17, 15) is 0 Å². The molecule has 0 spiro atoms. The molecule has 2 saturated heterocycles. The van der Waals surface area contributed by atoms with Crippen LogP contribution in [0.1, 0.15) is 46.5 Å². The lowest BCUT2D eigenvalue weighted by Crippen LogP contribution is -2.42. The van der Waals surface area contributed by atoms with Crippen LogP contribution < -0.4 is 0 Å². The lowest BCUT2D eigenvalue weighted by atomic mass is 10.1. The van der Waals surface area contributed by atoms with Gasteiger partial charge in [-0.3, -0.25) is 0 Å². The first-order valence-electron chi connectivity index (χ1n) is 8.28. The molecule has 124 valence electrons. The summed E-state index contributed by atoms with van der Waals surface area (Å²) in [5.74, 6) is 0. The molecule has 0 saturated carbocycles. The number of aliphatic hydroxyl groups is 1. The van der Waals surface area contributed by atoms with Crippen LogP contribution in [0.4, 0.5) is 0 Å². The summed E-state index contributed by atoms with van der Waals surface area (Å²) in [7, 11) is -1.69. The molecule has 0 unspecified atom stereocenters. The number of hydrogen-bond acceptors (Lipinski definition) is 4. The minimum absolute atomic E-state index is 0.0149. The van der Waals surface area contributed by atoms with E-state index in [1.807, 2.05) is 0 Å². The zero-order valence-corrected chi connectivity index (χ0v) is 15.2. The van der Waals surface area contributed by atoms with Gasteiger partial charge >= 0.3 is 0 Å². The zero-order chi connectivity index (χ0) is 15.7. The summed E-state index contributed by atoms with van der Waals surface area (Å²) in [6, 6.07) is 0. The summed E-state index contributed by atoms with van der Waals surface area (Å²) in [4.78, 5) is 0. The molecule has 0 bridgehead atoms. The maximum Gasteiger partial charge on any atom is 0.192 e. The van der Waals surface area contributed by atoms with E-state index in [0.717, 1.165) is 25.7 Å². The van der Waals surface area contributed by atoms with Gasteiger partial charge in [0.1, 0.15) is 0 Å². The van der Waals surface area contributed by atoms with Gasteiger partial charge in [0.05, 0.1) is 37.6 Å². The molecule has 4 atom stereocenters. The van der Waals surface area contributed by atoms with Crippen molar-refractivity contribution in [3.8, 4) is 0 Å². The Morgan fingerprint density at radius 2 is 1.52 bits per heavy atom. The van der Waals surface area contributed by atoms with Crippen molar-refractivity contribution in [1.29, 1.82) is 0 Å². The number of rotatable bonds is 5. The lowest BCUT2D eigenvalue weighted by Gasteiger charge is -2.36. The minimum atomic E-state index is -1.69. The molecule has 0 aromatic carbocycles. The van der Waals surface area contributed by atoms with Gasteiger partial charge < -0.3 is 19.0 Å². The van der Waals surface area contributed by atoms with Gasteiger partial charge in [0.15, 0.2) is 8.32 Å². The number of hydrogen-bond donors (Lipinski definition) is 1. The van der Waals surface area contributed by atoms with Gasteiger partial charge in [-0.2, -0.15) is 0 Å². The fourth-order valence-corrected chi connectivity index (χ4v) is 3.82. The van der Waals surface area contributed by atoms with E-state index < -0.39 is 8.32 Å². The zero-order valence-electron chi connectivity index (χ0n) is 14.2. The van der Waals surface area contributed by atoms with Crippen LogP contribution in [0.25, 0.3) is 0 Å².